The van der Waals surface area contributed by atoms with Crippen LogP contribution in [0.4, 0.5) is 0 Å². The molecule has 1 saturated carbocycles. The number of rotatable bonds is 2. The van der Waals surface area contributed by atoms with E-state index in [0.29, 0.717) is 0 Å². The Balaban J connectivity index is 2.26. The molecule has 4 nitrogen and oxygen atoms in total. The Bertz CT molecular complexity index is 307. The number of hydrogen-bond acceptors (Lipinski definition) is 3. The number of carboxylic acids is 1. The Morgan fingerprint density at radius 1 is 1.29 bits per heavy atom. The summed E-state index contributed by atoms with van der Waals surface area (Å²) < 4.78 is 4.63. The SMILES string of the molecule is COC(=O)[C@H]1[C@@H](C(=O)O)[C@@H]2C=C[C@@H]1C2. The molecule has 0 aromatic heterocycles. The number of fused-ring (bicyclic) bond motifs is 2. The van der Waals surface area contributed by atoms with Gasteiger partial charge in [-0.05, 0) is 18.3 Å². The predicted molar refractivity (Wildman–Crippen MR) is 47.4 cm³/mol. The molecule has 0 amide bonds. The molecule has 0 radical (unpaired) electrons. The van der Waals surface area contributed by atoms with E-state index in [4.69, 9.17) is 5.11 Å². The molecule has 4 atom stereocenters. The van der Waals surface area contributed by atoms with Crippen LogP contribution in [0.25, 0.3) is 0 Å². The third-order valence-corrected chi connectivity index (χ3v) is 3.22. The van der Waals surface area contributed by atoms with Crippen LogP contribution in [0.3, 0.4) is 0 Å². The van der Waals surface area contributed by atoms with Crippen molar-refractivity contribution in [2.24, 2.45) is 23.7 Å². The molecular formula is C10H12O4. The second-order valence-corrected chi connectivity index (χ2v) is 3.86. The zero-order chi connectivity index (χ0) is 10.3. The number of hydrogen-bond donors (Lipinski definition) is 1. The molecule has 0 unspecified atom stereocenters. The van der Waals surface area contributed by atoms with E-state index in [2.05, 4.69) is 4.74 Å². The molecule has 0 aromatic carbocycles. The number of carboxylic acid groups (broad SMARTS) is 1. The molecule has 0 aliphatic heterocycles. The molecule has 2 aliphatic carbocycles. The summed E-state index contributed by atoms with van der Waals surface area (Å²) in [6.07, 6.45) is 4.62. The van der Waals surface area contributed by atoms with Crippen LogP contribution in [0.1, 0.15) is 6.42 Å². The molecule has 1 fully saturated rings. The van der Waals surface area contributed by atoms with Crippen LogP contribution in [-0.2, 0) is 14.3 Å². The topological polar surface area (TPSA) is 63.6 Å². The van der Waals surface area contributed by atoms with E-state index in [1.807, 2.05) is 12.2 Å². The smallest absolute Gasteiger partial charge is 0.310 e. The summed E-state index contributed by atoms with van der Waals surface area (Å²) in [6.45, 7) is 0. The molecule has 4 heteroatoms. The average Bonchev–Trinajstić information content (AvgIpc) is 2.74. The molecule has 2 aliphatic rings. The van der Waals surface area contributed by atoms with E-state index in [1.165, 1.54) is 7.11 Å². The number of carbonyl (C=O) groups excluding carboxylic acids is 1. The highest BCUT2D eigenvalue weighted by Gasteiger charge is 2.52. The Morgan fingerprint density at radius 2 is 1.86 bits per heavy atom. The first-order valence-electron chi connectivity index (χ1n) is 4.64. The second-order valence-electron chi connectivity index (χ2n) is 3.86. The lowest BCUT2D eigenvalue weighted by Crippen LogP contribution is -2.33. The molecule has 2 rings (SSSR count). The van der Waals surface area contributed by atoms with Gasteiger partial charge in [-0.2, -0.15) is 0 Å². The van der Waals surface area contributed by atoms with Gasteiger partial charge < -0.3 is 9.84 Å². The number of carbonyl (C=O) groups is 2. The minimum Gasteiger partial charge on any atom is -0.481 e. The molecule has 14 heavy (non-hydrogen) atoms. The Hall–Kier alpha value is -1.32. The number of aliphatic carboxylic acids is 1. The minimum absolute atomic E-state index is 0.0154. The zero-order valence-electron chi connectivity index (χ0n) is 7.84. The predicted octanol–water partition coefficient (Wildman–Crippen LogP) is 0.682. The largest absolute Gasteiger partial charge is 0.481 e. The first-order valence-corrected chi connectivity index (χ1v) is 4.64. The average molecular weight is 196 g/mol. The molecule has 0 spiro atoms. The fraction of sp³-hybridized carbons (Fsp3) is 0.600. The van der Waals surface area contributed by atoms with Gasteiger partial charge >= 0.3 is 11.9 Å². The van der Waals surface area contributed by atoms with Crippen LogP contribution in [-0.4, -0.2) is 24.2 Å². The summed E-state index contributed by atoms with van der Waals surface area (Å²) in [5, 5.41) is 9.01. The maximum atomic E-state index is 11.4. The van der Waals surface area contributed by atoms with Crippen molar-refractivity contribution in [2.45, 2.75) is 6.42 Å². The number of methoxy groups -OCH3 is 1. The van der Waals surface area contributed by atoms with E-state index < -0.39 is 23.8 Å². The van der Waals surface area contributed by atoms with Gasteiger partial charge in [-0.15, -0.1) is 0 Å². The fourth-order valence-electron chi connectivity index (χ4n) is 2.62. The third kappa shape index (κ3) is 1.14. The van der Waals surface area contributed by atoms with Crippen molar-refractivity contribution >= 4 is 11.9 Å². The van der Waals surface area contributed by atoms with Crippen LogP contribution >= 0.6 is 0 Å². The van der Waals surface area contributed by atoms with Crippen LogP contribution < -0.4 is 0 Å². The van der Waals surface area contributed by atoms with E-state index in [-0.39, 0.29) is 11.8 Å². The van der Waals surface area contributed by atoms with Gasteiger partial charge in [0.05, 0.1) is 18.9 Å². The molecule has 0 aromatic rings. The lowest BCUT2D eigenvalue weighted by molar-refractivity contribution is -0.156. The van der Waals surface area contributed by atoms with Crippen molar-refractivity contribution in [1.29, 1.82) is 0 Å². The van der Waals surface area contributed by atoms with E-state index in [1.54, 1.807) is 0 Å². The summed E-state index contributed by atoms with van der Waals surface area (Å²) in [4.78, 5) is 22.4. The van der Waals surface area contributed by atoms with Crippen LogP contribution in [0.5, 0.6) is 0 Å². The molecule has 2 bridgehead atoms. The van der Waals surface area contributed by atoms with Crippen molar-refractivity contribution in [3.8, 4) is 0 Å². The molecule has 76 valence electrons. The Kier molecular flexibility index (Phi) is 2.06. The highest BCUT2D eigenvalue weighted by atomic mass is 16.5. The summed E-state index contributed by atoms with van der Waals surface area (Å²) in [7, 11) is 1.30. The molecule has 1 N–H and O–H groups in total. The summed E-state index contributed by atoms with van der Waals surface area (Å²) in [5.41, 5.74) is 0. The van der Waals surface area contributed by atoms with Crippen molar-refractivity contribution in [2.75, 3.05) is 7.11 Å². The molecule has 0 heterocycles. The summed E-state index contributed by atoms with van der Waals surface area (Å²) >= 11 is 0. The normalized spacial score (nSPS) is 38.6. The van der Waals surface area contributed by atoms with Crippen molar-refractivity contribution in [3.63, 3.8) is 0 Å². The fourth-order valence-corrected chi connectivity index (χ4v) is 2.62. The zero-order valence-corrected chi connectivity index (χ0v) is 7.84. The highest BCUT2D eigenvalue weighted by molar-refractivity contribution is 5.83. The first kappa shape index (κ1) is 9.24. The maximum absolute atomic E-state index is 11.4. The van der Waals surface area contributed by atoms with Crippen LogP contribution in [0.2, 0.25) is 0 Å². The lowest BCUT2D eigenvalue weighted by Gasteiger charge is -2.21. The maximum Gasteiger partial charge on any atom is 0.310 e. The Labute approximate surface area is 81.6 Å². The van der Waals surface area contributed by atoms with Crippen LogP contribution in [0, 0.1) is 23.7 Å². The summed E-state index contributed by atoms with van der Waals surface area (Å²) in [5.74, 6) is -2.27. The van der Waals surface area contributed by atoms with Gasteiger partial charge in [0.2, 0.25) is 0 Å². The van der Waals surface area contributed by atoms with Gasteiger partial charge in [0, 0.05) is 0 Å². The van der Waals surface area contributed by atoms with Crippen molar-refractivity contribution < 1.29 is 19.4 Å². The molecular weight excluding hydrogens is 184 g/mol. The highest BCUT2D eigenvalue weighted by Crippen LogP contribution is 2.48. The van der Waals surface area contributed by atoms with Crippen molar-refractivity contribution in [3.05, 3.63) is 12.2 Å². The van der Waals surface area contributed by atoms with Gasteiger partial charge in [0.15, 0.2) is 0 Å². The second kappa shape index (κ2) is 3.12. The van der Waals surface area contributed by atoms with E-state index in [0.717, 1.165) is 6.42 Å². The van der Waals surface area contributed by atoms with Gasteiger partial charge in [-0.3, -0.25) is 9.59 Å². The molecule has 0 saturated heterocycles. The van der Waals surface area contributed by atoms with Crippen LogP contribution in [0.15, 0.2) is 12.2 Å². The van der Waals surface area contributed by atoms with Crippen molar-refractivity contribution in [1.82, 2.24) is 0 Å². The van der Waals surface area contributed by atoms with Gasteiger partial charge in [0.1, 0.15) is 0 Å². The van der Waals surface area contributed by atoms with E-state index in [9.17, 15) is 9.59 Å². The van der Waals surface area contributed by atoms with Gasteiger partial charge in [0.25, 0.3) is 0 Å². The Morgan fingerprint density at radius 3 is 2.36 bits per heavy atom. The third-order valence-electron chi connectivity index (χ3n) is 3.22. The standard InChI is InChI=1S/C10H12O4/c1-14-10(13)8-6-3-2-5(4-6)7(8)9(11)12/h2-3,5-8H,4H2,1H3,(H,11,12)/t5-,6-,7+,8-/m1/s1. The van der Waals surface area contributed by atoms with Gasteiger partial charge in [-0.1, -0.05) is 12.2 Å². The minimum atomic E-state index is -0.891. The first-order chi connectivity index (χ1) is 6.65. The number of ether oxygens (including phenoxy) is 1. The number of allylic oxidation sites excluding steroid dienone is 2. The quantitative estimate of drug-likeness (QED) is 0.521. The summed E-state index contributed by atoms with van der Waals surface area (Å²) in [6, 6.07) is 0. The number of esters is 1. The van der Waals surface area contributed by atoms with E-state index >= 15 is 0 Å². The lowest BCUT2D eigenvalue weighted by atomic mass is 9.83. The van der Waals surface area contributed by atoms with Gasteiger partial charge in [-0.25, -0.2) is 0 Å². The monoisotopic (exact) mass is 196 g/mol.